The van der Waals surface area contributed by atoms with Crippen molar-refractivity contribution in [1.29, 1.82) is 0 Å². The monoisotopic (exact) mass is 229 g/mol. The number of nitrogens with zero attached hydrogens (tertiary/aromatic N) is 1. The van der Waals surface area contributed by atoms with Gasteiger partial charge in [0.05, 0.1) is 5.02 Å². The molecule has 0 heterocycles. The van der Waals surface area contributed by atoms with E-state index in [0.29, 0.717) is 15.9 Å². The molecule has 0 fully saturated rings. The number of thiocarbonyl (C=S) groups is 1. The summed E-state index contributed by atoms with van der Waals surface area (Å²) in [5.74, 6) is 0.632. The lowest BCUT2D eigenvalue weighted by Gasteiger charge is -2.16. The van der Waals surface area contributed by atoms with Gasteiger partial charge in [-0.2, -0.15) is 0 Å². The van der Waals surface area contributed by atoms with Gasteiger partial charge in [-0.25, -0.2) is 0 Å². The maximum Gasteiger partial charge on any atom is 0.264 e. The molecule has 0 bridgehead atoms. The normalized spacial score (nSPS) is 9.71. The molecule has 0 aliphatic heterocycles. The standard InChI is InChI=1S/C10H12ClNOS/c1-7-5-4-6-8(11)9(7)13-10(14)12(2)3/h4-6H,1-3H3. The van der Waals surface area contributed by atoms with E-state index < -0.39 is 0 Å². The molecule has 0 radical (unpaired) electrons. The number of ether oxygens (including phenoxy) is 1. The SMILES string of the molecule is Cc1cccc(Cl)c1OC(=S)N(C)C. The van der Waals surface area contributed by atoms with E-state index in [1.807, 2.05) is 33.2 Å². The van der Waals surface area contributed by atoms with Crippen LogP contribution in [0.5, 0.6) is 5.75 Å². The van der Waals surface area contributed by atoms with Gasteiger partial charge in [0.25, 0.3) is 5.17 Å². The molecule has 0 saturated heterocycles. The van der Waals surface area contributed by atoms with Crippen molar-refractivity contribution in [3.8, 4) is 5.75 Å². The molecule has 0 aliphatic rings. The number of rotatable bonds is 1. The first-order valence-corrected chi connectivity index (χ1v) is 4.95. The average molecular weight is 230 g/mol. The van der Waals surface area contributed by atoms with E-state index in [2.05, 4.69) is 0 Å². The molecule has 2 nitrogen and oxygen atoms in total. The first-order chi connectivity index (χ1) is 6.52. The summed E-state index contributed by atoms with van der Waals surface area (Å²) in [4.78, 5) is 1.72. The molecular weight excluding hydrogens is 218 g/mol. The summed E-state index contributed by atoms with van der Waals surface area (Å²) in [5, 5.41) is 0.982. The maximum atomic E-state index is 5.98. The van der Waals surface area contributed by atoms with Crippen LogP contribution in [0.4, 0.5) is 0 Å². The molecule has 0 amide bonds. The number of hydrogen-bond acceptors (Lipinski definition) is 2. The van der Waals surface area contributed by atoms with Gasteiger partial charge in [-0.05, 0) is 30.8 Å². The Morgan fingerprint density at radius 1 is 1.43 bits per heavy atom. The third-order valence-electron chi connectivity index (χ3n) is 1.72. The highest BCUT2D eigenvalue weighted by molar-refractivity contribution is 7.80. The summed E-state index contributed by atoms with van der Waals surface area (Å²) >= 11 is 11.0. The zero-order valence-corrected chi connectivity index (χ0v) is 9.95. The third kappa shape index (κ3) is 2.59. The highest BCUT2D eigenvalue weighted by Crippen LogP contribution is 2.28. The number of benzene rings is 1. The van der Waals surface area contributed by atoms with Crippen molar-refractivity contribution in [2.45, 2.75) is 6.92 Å². The van der Waals surface area contributed by atoms with Crippen molar-refractivity contribution in [1.82, 2.24) is 4.90 Å². The van der Waals surface area contributed by atoms with Gasteiger partial charge in [0.15, 0.2) is 5.75 Å². The molecule has 0 aromatic heterocycles. The van der Waals surface area contributed by atoms with Crippen molar-refractivity contribution in [2.24, 2.45) is 0 Å². The largest absolute Gasteiger partial charge is 0.430 e. The highest BCUT2D eigenvalue weighted by atomic mass is 35.5. The summed E-state index contributed by atoms with van der Waals surface area (Å²) in [5.41, 5.74) is 0.974. The second-order valence-corrected chi connectivity index (χ2v) is 3.90. The first kappa shape index (κ1) is 11.3. The Hall–Kier alpha value is -0.800. The van der Waals surface area contributed by atoms with Crippen molar-refractivity contribution >= 4 is 29.0 Å². The minimum Gasteiger partial charge on any atom is -0.430 e. The van der Waals surface area contributed by atoms with Crippen LogP contribution < -0.4 is 4.74 Å². The smallest absolute Gasteiger partial charge is 0.264 e. The van der Waals surface area contributed by atoms with Crippen LogP contribution >= 0.6 is 23.8 Å². The van der Waals surface area contributed by atoms with Gasteiger partial charge >= 0.3 is 0 Å². The van der Waals surface area contributed by atoms with Crippen molar-refractivity contribution < 1.29 is 4.74 Å². The van der Waals surface area contributed by atoms with Crippen LogP contribution in [0.15, 0.2) is 18.2 Å². The quantitative estimate of drug-likeness (QED) is 0.688. The first-order valence-electron chi connectivity index (χ1n) is 4.16. The van der Waals surface area contributed by atoms with Crippen LogP contribution in [0.25, 0.3) is 0 Å². The fraction of sp³-hybridized carbons (Fsp3) is 0.300. The van der Waals surface area contributed by atoms with Gasteiger partial charge in [-0.15, -0.1) is 0 Å². The zero-order valence-electron chi connectivity index (χ0n) is 8.37. The highest BCUT2D eigenvalue weighted by Gasteiger charge is 2.08. The topological polar surface area (TPSA) is 12.5 Å². The molecule has 0 aliphatic carbocycles. The van der Waals surface area contributed by atoms with E-state index in [1.54, 1.807) is 11.0 Å². The Kier molecular flexibility index (Phi) is 3.72. The van der Waals surface area contributed by atoms with Crippen LogP contribution in [0.3, 0.4) is 0 Å². The van der Waals surface area contributed by atoms with E-state index in [0.717, 1.165) is 5.56 Å². The molecule has 1 aromatic carbocycles. The maximum absolute atomic E-state index is 5.98. The van der Waals surface area contributed by atoms with Crippen molar-refractivity contribution in [3.63, 3.8) is 0 Å². The van der Waals surface area contributed by atoms with Crippen LogP contribution in [0.2, 0.25) is 5.02 Å². The van der Waals surface area contributed by atoms with Crippen LogP contribution in [0, 0.1) is 6.92 Å². The fourth-order valence-electron chi connectivity index (χ4n) is 0.925. The molecule has 0 saturated carbocycles. The Morgan fingerprint density at radius 3 is 2.57 bits per heavy atom. The van der Waals surface area contributed by atoms with E-state index in [-0.39, 0.29) is 0 Å². The van der Waals surface area contributed by atoms with Gasteiger partial charge in [0.2, 0.25) is 0 Å². The lowest BCUT2D eigenvalue weighted by molar-refractivity contribution is 0.447. The molecule has 1 rings (SSSR count). The molecule has 14 heavy (non-hydrogen) atoms. The van der Waals surface area contributed by atoms with E-state index in [1.165, 1.54) is 0 Å². The van der Waals surface area contributed by atoms with Crippen LogP contribution in [-0.2, 0) is 0 Å². The predicted octanol–water partition coefficient (Wildman–Crippen LogP) is 2.87. The second-order valence-electron chi connectivity index (χ2n) is 3.15. The third-order valence-corrected chi connectivity index (χ3v) is 2.46. The van der Waals surface area contributed by atoms with Gasteiger partial charge in [-0.3, -0.25) is 0 Å². The molecule has 4 heteroatoms. The van der Waals surface area contributed by atoms with Crippen LogP contribution in [-0.4, -0.2) is 24.2 Å². The molecular formula is C10H12ClNOS. The summed E-state index contributed by atoms with van der Waals surface area (Å²) in [6, 6.07) is 5.59. The average Bonchev–Trinajstić information content (AvgIpc) is 2.11. The summed E-state index contributed by atoms with van der Waals surface area (Å²) < 4.78 is 5.46. The second kappa shape index (κ2) is 4.62. The van der Waals surface area contributed by atoms with Gasteiger partial charge in [-0.1, -0.05) is 23.7 Å². The Morgan fingerprint density at radius 2 is 2.07 bits per heavy atom. The molecule has 0 atom stereocenters. The van der Waals surface area contributed by atoms with Gasteiger partial charge < -0.3 is 9.64 Å². The Bertz CT molecular complexity index is 332. The van der Waals surface area contributed by atoms with E-state index >= 15 is 0 Å². The number of aryl methyl sites for hydroxylation is 1. The number of halogens is 1. The van der Waals surface area contributed by atoms with Crippen molar-refractivity contribution in [3.05, 3.63) is 28.8 Å². The van der Waals surface area contributed by atoms with Crippen LogP contribution in [0.1, 0.15) is 5.56 Å². The fourth-order valence-corrected chi connectivity index (χ4v) is 1.27. The Balaban J connectivity index is 2.91. The number of hydrogen-bond donors (Lipinski definition) is 0. The van der Waals surface area contributed by atoms with Gasteiger partial charge in [0, 0.05) is 14.1 Å². The zero-order chi connectivity index (χ0) is 10.7. The summed E-state index contributed by atoms with van der Waals surface area (Å²) in [6.45, 7) is 1.93. The predicted molar refractivity (Wildman–Crippen MR) is 63.1 cm³/mol. The van der Waals surface area contributed by atoms with Gasteiger partial charge in [0.1, 0.15) is 0 Å². The lowest BCUT2D eigenvalue weighted by atomic mass is 10.2. The number of para-hydroxylation sites is 1. The molecule has 0 N–H and O–H groups in total. The van der Waals surface area contributed by atoms with E-state index in [4.69, 9.17) is 28.6 Å². The molecule has 0 unspecified atom stereocenters. The molecule has 76 valence electrons. The summed E-state index contributed by atoms with van der Waals surface area (Å²) in [6.07, 6.45) is 0. The molecule has 0 spiro atoms. The van der Waals surface area contributed by atoms with Crippen molar-refractivity contribution in [2.75, 3.05) is 14.1 Å². The Labute approximate surface area is 94.4 Å². The lowest BCUT2D eigenvalue weighted by Crippen LogP contribution is -2.25. The minimum atomic E-state index is 0.404. The minimum absolute atomic E-state index is 0.404. The van der Waals surface area contributed by atoms with E-state index in [9.17, 15) is 0 Å². The molecule has 1 aromatic rings. The summed E-state index contributed by atoms with van der Waals surface area (Å²) in [7, 11) is 3.66.